The van der Waals surface area contributed by atoms with E-state index in [9.17, 15) is 14.0 Å². The molecular formula is C24H20FN3O5S. The number of carbonyl (C=O) groups excluding carboxylic acids is 1. The Balaban J connectivity index is 1.42. The van der Waals surface area contributed by atoms with E-state index in [4.69, 9.17) is 14.4 Å². The van der Waals surface area contributed by atoms with Gasteiger partial charge >= 0.3 is 12.1 Å². The van der Waals surface area contributed by atoms with Crippen LogP contribution in [0.3, 0.4) is 0 Å². The maximum Gasteiger partial charge on any atom is 0.411 e. The SMILES string of the molecule is Cc1noc(-c2cnc(-c3ccc(CC(=O)O)cc3)s2)c1NC(=O)OCCc1ccccc1F. The van der Waals surface area contributed by atoms with Crippen LogP contribution in [0.5, 0.6) is 0 Å². The Morgan fingerprint density at radius 2 is 1.94 bits per heavy atom. The number of anilines is 1. The van der Waals surface area contributed by atoms with Gasteiger partial charge in [-0.25, -0.2) is 14.2 Å². The predicted molar refractivity (Wildman–Crippen MR) is 124 cm³/mol. The molecule has 0 aliphatic rings. The summed E-state index contributed by atoms with van der Waals surface area (Å²) in [6.45, 7) is 1.69. The second kappa shape index (κ2) is 10.3. The van der Waals surface area contributed by atoms with E-state index in [1.165, 1.54) is 17.4 Å². The highest BCUT2D eigenvalue weighted by Gasteiger charge is 2.20. The summed E-state index contributed by atoms with van der Waals surface area (Å²) in [5.41, 5.74) is 2.81. The number of amides is 1. The zero-order chi connectivity index (χ0) is 24.1. The number of carboxylic acid groups (broad SMARTS) is 1. The van der Waals surface area contributed by atoms with Crippen LogP contribution in [0.4, 0.5) is 14.9 Å². The minimum absolute atomic E-state index is 0.00894. The number of hydrogen-bond donors (Lipinski definition) is 2. The lowest BCUT2D eigenvalue weighted by Crippen LogP contribution is -2.16. The van der Waals surface area contributed by atoms with E-state index < -0.39 is 12.1 Å². The first-order valence-corrected chi connectivity index (χ1v) is 11.1. The molecule has 8 nitrogen and oxygen atoms in total. The maximum atomic E-state index is 13.7. The third kappa shape index (κ3) is 5.46. The number of aromatic nitrogens is 2. The van der Waals surface area contributed by atoms with Gasteiger partial charge in [-0.15, -0.1) is 11.3 Å². The van der Waals surface area contributed by atoms with Gasteiger partial charge < -0.3 is 14.4 Å². The molecule has 0 radical (unpaired) electrons. The summed E-state index contributed by atoms with van der Waals surface area (Å²) in [7, 11) is 0. The number of thiazole rings is 1. The summed E-state index contributed by atoms with van der Waals surface area (Å²) in [6, 6.07) is 13.4. The van der Waals surface area contributed by atoms with Crippen LogP contribution in [0.25, 0.3) is 21.2 Å². The summed E-state index contributed by atoms with van der Waals surface area (Å²) in [4.78, 5) is 28.2. The van der Waals surface area contributed by atoms with Gasteiger partial charge in [-0.3, -0.25) is 10.1 Å². The van der Waals surface area contributed by atoms with E-state index in [0.717, 1.165) is 5.56 Å². The average molecular weight is 482 g/mol. The lowest BCUT2D eigenvalue weighted by atomic mass is 10.1. The van der Waals surface area contributed by atoms with E-state index in [0.29, 0.717) is 38.2 Å². The molecule has 0 aliphatic carbocycles. The molecule has 2 aromatic carbocycles. The van der Waals surface area contributed by atoms with Crippen molar-refractivity contribution in [2.45, 2.75) is 19.8 Å². The molecule has 0 aliphatic heterocycles. The molecule has 0 saturated carbocycles. The lowest BCUT2D eigenvalue weighted by Gasteiger charge is -2.07. The number of rotatable bonds is 8. The molecule has 4 rings (SSSR count). The quantitative estimate of drug-likeness (QED) is 0.349. The van der Waals surface area contributed by atoms with Gasteiger partial charge in [0.25, 0.3) is 0 Å². The number of aryl methyl sites for hydroxylation is 1. The first-order valence-electron chi connectivity index (χ1n) is 10.3. The topological polar surface area (TPSA) is 115 Å². The third-order valence-electron chi connectivity index (χ3n) is 4.94. The first kappa shape index (κ1) is 23.1. The zero-order valence-electron chi connectivity index (χ0n) is 18.1. The first-order chi connectivity index (χ1) is 16.4. The zero-order valence-corrected chi connectivity index (χ0v) is 18.9. The molecule has 34 heavy (non-hydrogen) atoms. The smallest absolute Gasteiger partial charge is 0.411 e. The van der Waals surface area contributed by atoms with Crippen molar-refractivity contribution < 1.29 is 28.3 Å². The fourth-order valence-corrected chi connectivity index (χ4v) is 4.14. The average Bonchev–Trinajstić information content (AvgIpc) is 3.43. The fraction of sp³-hybridized carbons (Fsp3) is 0.167. The Labute approximate surface area is 198 Å². The molecule has 0 bridgehead atoms. The van der Waals surface area contributed by atoms with Gasteiger partial charge in [-0.2, -0.15) is 0 Å². The molecular weight excluding hydrogens is 461 g/mol. The predicted octanol–water partition coefficient (Wildman–Crippen LogP) is 5.33. The van der Waals surface area contributed by atoms with Crippen molar-refractivity contribution in [3.05, 3.63) is 77.4 Å². The minimum Gasteiger partial charge on any atom is -0.481 e. The van der Waals surface area contributed by atoms with Crippen LogP contribution in [0.15, 0.2) is 59.3 Å². The van der Waals surface area contributed by atoms with Gasteiger partial charge in [0.1, 0.15) is 22.2 Å². The lowest BCUT2D eigenvalue weighted by molar-refractivity contribution is -0.136. The van der Waals surface area contributed by atoms with Crippen LogP contribution in [0.1, 0.15) is 16.8 Å². The number of hydrogen-bond acceptors (Lipinski definition) is 7. The largest absolute Gasteiger partial charge is 0.481 e. The molecule has 1 amide bonds. The van der Waals surface area contributed by atoms with Crippen molar-refractivity contribution >= 4 is 29.1 Å². The monoisotopic (exact) mass is 481 g/mol. The Kier molecular flexibility index (Phi) is 6.98. The van der Waals surface area contributed by atoms with Crippen LogP contribution < -0.4 is 5.32 Å². The number of nitrogens with zero attached hydrogens (tertiary/aromatic N) is 2. The van der Waals surface area contributed by atoms with Crippen LogP contribution >= 0.6 is 11.3 Å². The standard InChI is InChI=1S/C24H20FN3O5S/c1-14-21(27-24(31)32-11-10-16-4-2-3-5-18(16)25)22(33-28-14)19-13-26-23(34-19)17-8-6-15(7-9-17)12-20(29)30/h2-9,13H,10-12H2,1H3,(H,27,31)(H,29,30). The number of nitrogens with one attached hydrogen (secondary N) is 1. The summed E-state index contributed by atoms with van der Waals surface area (Å²) in [5, 5.41) is 16.2. The molecule has 0 unspecified atom stereocenters. The molecule has 2 aromatic heterocycles. The van der Waals surface area contributed by atoms with Crippen LogP contribution in [0.2, 0.25) is 0 Å². The number of halogens is 1. The molecule has 2 heterocycles. The normalized spacial score (nSPS) is 10.8. The second-order valence-corrected chi connectivity index (χ2v) is 8.40. The molecule has 10 heteroatoms. The molecule has 0 fully saturated rings. The Morgan fingerprint density at radius 3 is 2.68 bits per heavy atom. The van der Waals surface area contributed by atoms with Crippen molar-refractivity contribution in [3.8, 4) is 21.2 Å². The van der Waals surface area contributed by atoms with Gasteiger partial charge in [-0.05, 0) is 24.1 Å². The summed E-state index contributed by atoms with van der Waals surface area (Å²) < 4.78 is 24.3. The molecule has 0 saturated heterocycles. The van der Waals surface area contributed by atoms with E-state index in [2.05, 4.69) is 15.5 Å². The van der Waals surface area contributed by atoms with E-state index in [1.807, 2.05) is 0 Å². The summed E-state index contributed by atoms with van der Waals surface area (Å²) >= 11 is 1.34. The van der Waals surface area contributed by atoms with Gasteiger partial charge in [0, 0.05) is 18.2 Å². The van der Waals surface area contributed by atoms with Crippen molar-refractivity contribution in [1.29, 1.82) is 0 Å². The minimum atomic E-state index is -0.893. The maximum absolute atomic E-state index is 13.7. The van der Waals surface area contributed by atoms with Crippen LogP contribution in [0, 0.1) is 12.7 Å². The van der Waals surface area contributed by atoms with Gasteiger partial charge in [0.15, 0.2) is 0 Å². The van der Waals surface area contributed by atoms with Crippen molar-refractivity contribution in [2.24, 2.45) is 0 Å². The number of ether oxygens (including phenoxy) is 1. The number of carboxylic acids is 1. The van der Waals surface area contributed by atoms with Crippen molar-refractivity contribution in [2.75, 3.05) is 11.9 Å². The third-order valence-corrected chi connectivity index (χ3v) is 5.98. The van der Waals surface area contributed by atoms with Crippen molar-refractivity contribution in [1.82, 2.24) is 10.1 Å². The highest BCUT2D eigenvalue weighted by molar-refractivity contribution is 7.18. The molecule has 174 valence electrons. The number of benzene rings is 2. The molecule has 2 N–H and O–H groups in total. The number of aliphatic carboxylic acids is 1. The molecule has 0 spiro atoms. The van der Waals surface area contributed by atoms with Gasteiger partial charge in [0.05, 0.1) is 17.9 Å². The molecule has 4 aromatic rings. The van der Waals surface area contributed by atoms with Crippen LogP contribution in [-0.2, 0) is 22.4 Å². The van der Waals surface area contributed by atoms with E-state index in [-0.39, 0.29) is 25.3 Å². The highest BCUT2D eigenvalue weighted by Crippen LogP contribution is 2.37. The second-order valence-electron chi connectivity index (χ2n) is 7.37. The Morgan fingerprint density at radius 1 is 1.18 bits per heavy atom. The van der Waals surface area contributed by atoms with E-state index in [1.54, 1.807) is 55.6 Å². The highest BCUT2D eigenvalue weighted by atomic mass is 32.1. The fourth-order valence-electron chi connectivity index (χ4n) is 3.23. The van der Waals surface area contributed by atoms with Gasteiger partial charge in [-0.1, -0.05) is 47.6 Å². The van der Waals surface area contributed by atoms with E-state index >= 15 is 0 Å². The van der Waals surface area contributed by atoms with Gasteiger partial charge in [0.2, 0.25) is 5.76 Å². The summed E-state index contributed by atoms with van der Waals surface area (Å²) in [5.74, 6) is -0.897. The summed E-state index contributed by atoms with van der Waals surface area (Å²) in [6.07, 6.45) is 1.10. The van der Waals surface area contributed by atoms with Crippen LogP contribution in [-0.4, -0.2) is 33.9 Å². The van der Waals surface area contributed by atoms with Crippen molar-refractivity contribution in [3.63, 3.8) is 0 Å². The Hall–Kier alpha value is -4.05. The number of carbonyl (C=O) groups is 2. The Bertz CT molecular complexity index is 1320. The molecule has 0 atom stereocenters.